The average molecular weight is 442 g/mol. The van der Waals surface area contributed by atoms with Gasteiger partial charge in [-0.3, -0.25) is 4.79 Å². The summed E-state index contributed by atoms with van der Waals surface area (Å²) in [5.74, 6) is 0.140. The van der Waals surface area contributed by atoms with E-state index in [-0.39, 0.29) is 5.91 Å². The third-order valence-corrected chi connectivity index (χ3v) is 7.24. The Kier molecular flexibility index (Phi) is 6.63. The van der Waals surface area contributed by atoms with Crippen LogP contribution in [0, 0.1) is 0 Å². The maximum absolute atomic E-state index is 13.3. The molecule has 0 aromatic heterocycles. The van der Waals surface area contributed by atoms with Crippen LogP contribution in [-0.2, 0) is 6.42 Å². The Morgan fingerprint density at radius 1 is 0.788 bits per heavy atom. The van der Waals surface area contributed by atoms with Crippen molar-refractivity contribution in [1.82, 2.24) is 4.90 Å². The lowest BCUT2D eigenvalue weighted by atomic mass is 10.0. The van der Waals surface area contributed by atoms with E-state index in [0.717, 1.165) is 42.7 Å². The Bertz CT molecular complexity index is 1110. The normalized spacial score (nSPS) is 16.6. The molecule has 0 N–H and O–H groups in total. The lowest BCUT2D eigenvalue weighted by Crippen LogP contribution is -2.31. The number of hydrogen-bond acceptors (Lipinski definition) is 3. The van der Waals surface area contributed by atoms with Crippen molar-refractivity contribution in [2.45, 2.75) is 39.0 Å². The van der Waals surface area contributed by atoms with Gasteiger partial charge in [0.25, 0.3) is 5.91 Å². The van der Waals surface area contributed by atoms with Gasteiger partial charge in [-0.1, -0.05) is 62.2 Å². The summed E-state index contributed by atoms with van der Waals surface area (Å²) < 4.78 is 0. The van der Waals surface area contributed by atoms with Gasteiger partial charge in [0.2, 0.25) is 0 Å². The molecule has 33 heavy (non-hydrogen) atoms. The molecule has 0 unspecified atom stereocenters. The van der Waals surface area contributed by atoms with Crippen LogP contribution in [0.2, 0.25) is 0 Å². The molecule has 4 heteroatoms. The molecule has 0 bridgehead atoms. The number of rotatable bonds is 8. The highest BCUT2D eigenvalue weighted by molar-refractivity contribution is 6.26. The van der Waals surface area contributed by atoms with Gasteiger partial charge in [0.1, 0.15) is 0 Å². The van der Waals surface area contributed by atoms with E-state index in [1.54, 1.807) is 0 Å². The van der Waals surface area contributed by atoms with Crippen LogP contribution in [0.3, 0.4) is 0 Å². The number of unbranched alkanes of at least 4 members (excludes halogenated alkanes) is 2. The lowest BCUT2D eigenvalue weighted by Gasteiger charge is -2.26. The minimum absolute atomic E-state index is 0.140. The third kappa shape index (κ3) is 4.49. The zero-order chi connectivity index (χ0) is 22.6. The summed E-state index contributed by atoms with van der Waals surface area (Å²) in [7, 11) is 0. The van der Waals surface area contributed by atoms with Crippen LogP contribution < -0.4 is 9.80 Å². The van der Waals surface area contributed by atoms with Crippen molar-refractivity contribution in [3.05, 3.63) is 71.8 Å². The number of carbonyl (C=O) groups is 1. The minimum Gasteiger partial charge on any atom is -0.370 e. The molecule has 2 heterocycles. The maximum Gasteiger partial charge on any atom is 0.259 e. The number of amides is 1. The summed E-state index contributed by atoms with van der Waals surface area (Å²) in [5, 5.41) is 2.36. The fourth-order valence-electron chi connectivity index (χ4n) is 5.43. The summed E-state index contributed by atoms with van der Waals surface area (Å²) in [6.45, 7) is 8.64. The molecule has 2 aliphatic rings. The molecular weight excluding hydrogens is 406 g/mol. The van der Waals surface area contributed by atoms with Gasteiger partial charge in [-0.25, -0.2) is 0 Å². The molecule has 4 nitrogen and oxygen atoms in total. The van der Waals surface area contributed by atoms with E-state index in [0.29, 0.717) is 6.54 Å². The van der Waals surface area contributed by atoms with Crippen LogP contribution in [0.5, 0.6) is 0 Å². The summed E-state index contributed by atoms with van der Waals surface area (Å²) >= 11 is 0. The van der Waals surface area contributed by atoms with Gasteiger partial charge in [-0.05, 0) is 56.1 Å². The molecule has 0 atom stereocenters. The summed E-state index contributed by atoms with van der Waals surface area (Å²) in [6, 6.07) is 21.1. The van der Waals surface area contributed by atoms with E-state index in [1.165, 1.54) is 55.4 Å². The van der Waals surface area contributed by atoms with Crippen molar-refractivity contribution in [3.8, 4) is 0 Å². The van der Waals surface area contributed by atoms with Crippen LogP contribution >= 0.6 is 0 Å². The Labute approximate surface area is 197 Å². The molecule has 0 spiro atoms. The van der Waals surface area contributed by atoms with Gasteiger partial charge < -0.3 is 14.7 Å². The number of carbonyl (C=O) groups excluding carboxylic acids is 1. The van der Waals surface area contributed by atoms with Crippen LogP contribution in [0.25, 0.3) is 10.8 Å². The van der Waals surface area contributed by atoms with Crippen molar-refractivity contribution in [2.75, 3.05) is 49.1 Å². The highest BCUT2D eigenvalue weighted by Gasteiger charge is 2.31. The molecule has 2 aliphatic heterocycles. The SMILES string of the molecule is CCCCCN1CCCN(c2ccc3c4c(cccc24)C(=O)N3CCc2ccccc2)CC1. The molecular formula is C29H35N3O. The minimum atomic E-state index is 0.140. The van der Waals surface area contributed by atoms with Gasteiger partial charge in [0.15, 0.2) is 0 Å². The zero-order valence-electron chi connectivity index (χ0n) is 19.8. The molecule has 1 saturated heterocycles. The fourth-order valence-corrected chi connectivity index (χ4v) is 5.43. The van der Waals surface area contributed by atoms with E-state index >= 15 is 0 Å². The molecule has 0 aliphatic carbocycles. The maximum atomic E-state index is 13.3. The second kappa shape index (κ2) is 9.96. The molecule has 5 rings (SSSR count). The van der Waals surface area contributed by atoms with Crippen molar-refractivity contribution < 1.29 is 4.79 Å². The Morgan fingerprint density at radius 3 is 2.48 bits per heavy atom. The van der Waals surface area contributed by atoms with Crippen LogP contribution in [-0.4, -0.2) is 50.1 Å². The predicted molar refractivity (Wildman–Crippen MR) is 139 cm³/mol. The molecule has 1 amide bonds. The summed E-state index contributed by atoms with van der Waals surface area (Å²) in [5.41, 5.74) is 4.47. The Morgan fingerprint density at radius 2 is 1.64 bits per heavy atom. The first kappa shape index (κ1) is 22.0. The largest absolute Gasteiger partial charge is 0.370 e. The average Bonchev–Trinajstić information content (AvgIpc) is 2.99. The van der Waals surface area contributed by atoms with Crippen LogP contribution in [0.4, 0.5) is 11.4 Å². The van der Waals surface area contributed by atoms with Gasteiger partial charge in [0.05, 0.1) is 5.69 Å². The number of nitrogens with zero attached hydrogens (tertiary/aromatic N) is 3. The second-order valence-corrected chi connectivity index (χ2v) is 9.41. The van der Waals surface area contributed by atoms with E-state index in [4.69, 9.17) is 0 Å². The first-order valence-corrected chi connectivity index (χ1v) is 12.6. The molecule has 3 aromatic carbocycles. The van der Waals surface area contributed by atoms with Crippen molar-refractivity contribution in [3.63, 3.8) is 0 Å². The lowest BCUT2D eigenvalue weighted by molar-refractivity contribution is 0.0993. The van der Waals surface area contributed by atoms with Gasteiger partial charge >= 0.3 is 0 Å². The molecule has 0 saturated carbocycles. The topological polar surface area (TPSA) is 26.8 Å². The number of anilines is 2. The smallest absolute Gasteiger partial charge is 0.259 e. The van der Waals surface area contributed by atoms with E-state index in [2.05, 4.69) is 65.3 Å². The van der Waals surface area contributed by atoms with Gasteiger partial charge in [-0.15, -0.1) is 0 Å². The summed E-state index contributed by atoms with van der Waals surface area (Å²) in [4.78, 5) is 20.5. The Hall–Kier alpha value is -2.85. The second-order valence-electron chi connectivity index (χ2n) is 9.41. The quantitative estimate of drug-likeness (QED) is 0.417. The van der Waals surface area contributed by atoms with E-state index < -0.39 is 0 Å². The van der Waals surface area contributed by atoms with Crippen LogP contribution in [0.1, 0.15) is 48.5 Å². The van der Waals surface area contributed by atoms with Gasteiger partial charge in [-0.2, -0.15) is 0 Å². The molecule has 0 radical (unpaired) electrons. The van der Waals surface area contributed by atoms with Crippen molar-refractivity contribution >= 4 is 28.1 Å². The predicted octanol–water partition coefficient (Wildman–Crippen LogP) is 5.75. The molecule has 3 aromatic rings. The van der Waals surface area contributed by atoms with Crippen molar-refractivity contribution in [2.24, 2.45) is 0 Å². The zero-order valence-corrected chi connectivity index (χ0v) is 19.8. The number of benzene rings is 3. The van der Waals surface area contributed by atoms with E-state index in [9.17, 15) is 4.79 Å². The van der Waals surface area contributed by atoms with Crippen LogP contribution in [0.15, 0.2) is 60.7 Å². The molecule has 1 fully saturated rings. The first-order valence-electron chi connectivity index (χ1n) is 12.6. The molecule has 172 valence electrons. The number of hydrogen-bond donors (Lipinski definition) is 0. The first-order chi connectivity index (χ1) is 16.3. The van der Waals surface area contributed by atoms with Crippen molar-refractivity contribution in [1.29, 1.82) is 0 Å². The monoisotopic (exact) mass is 441 g/mol. The highest BCUT2D eigenvalue weighted by atomic mass is 16.2. The standard InChI is InChI=1S/C29H35N3O/c1-2-3-7-17-30-18-9-19-31(22-21-30)26-14-15-27-28-24(26)12-8-13-25(28)29(33)32(27)20-16-23-10-5-4-6-11-23/h4-6,8,10-15H,2-3,7,9,16-22H2,1H3. The Balaban J connectivity index is 1.38. The fraction of sp³-hybridized carbons (Fsp3) is 0.414. The summed E-state index contributed by atoms with van der Waals surface area (Å²) in [6.07, 6.45) is 5.96. The van der Waals surface area contributed by atoms with E-state index in [1.807, 2.05) is 17.0 Å². The third-order valence-electron chi connectivity index (χ3n) is 7.24. The van der Waals surface area contributed by atoms with Gasteiger partial charge in [0, 0.05) is 48.2 Å². The highest BCUT2D eigenvalue weighted by Crippen LogP contribution is 2.41.